The van der Waals surface area contributed by atoms with Gasteiger partial charge in [-0.1, -0.05) is 50.6 Å². The summed E-state index contributed by atoms with van der Waals surface area (Å²) in [5.74, 6) is 0.670. The molecule has 1 aromatic carbocycles. The van der Waals surface area contributed by atoms with E-state index in [0.717, 1.165) is 13.2 Å². The first kappa shape index (κ1) is 10.3. The molecule has 0 heterocycles. The van der Waals surface area contributed by atoms with Gasteiger partial charge in [0.05, 0.1) is 6.61 Å². The molecule has 1 atom stereocenters. The zero-order valence-electron chi connectivity index (χ0n) is 8.49. The summed E-state index contributed by atoms with van der Waals surface area (Å²) in [5, 5.41) is 0. The number of rotatable bonds is 5. The molecule has 72 valence electrons. The van der Waals surface area contributed by atoms with Crippen LogP contribution >= 0.6 is 0 Å². The van der Waals surface area contributed by atoms with Crippen molar-refractivity contribution in [2.24, 2.45) is 5.92 Å². The van der Waals surface area contributed by atoms with E-state index >= 15 is 0 Å². The third-order valence-electron chi connectivity index (χ3n) is 2.21. The highest BCUT2D eigenvalue weighted by molar-refractivity contribution is 5.13. The van der Waals surface area contributed by atoms with Crippen molar-refractivity contribution in [3.63, 3.8) is 0 Å². The minimum atomic E-state index is 0.670. The summed E-state index contributed by atoms with van der Waals surface area (Å²) in [5.41, 5.74) is 1.26. The van der Waals surface area contributed by atoms with E-state index in [0.29, 0.717) is 5.92 Å². The summed E-state index contributed by atoms with van der Waals surface area (Å²) in [6.07, 6.45) is 1.19. The molecule has 0 spiro atoms. The standard InChI is InChI=1S/C12H18O/c1-3-11(2)9-13-10-12-7-5-4-6-8-12/h4-8,11H,3,9-10H2,1-2H3. The first-order valence-corrected chi connectivity index (χ1v) is 4.94. The SMILES string of the molecule is CCC(C)COCc1ccccc1. The summed E-state index contributed by atoms with van der Waals surface area (Å²) < 4.78 is 5.57. The van der Waals surface area contributed by atoms with Gasteiger partial charge in [0, 0.05) is 6.61 Å². The summed E-state index contributed by atoms with van der Waals surface area (Å²) in [4.78, 5) is 0. The predicted molar refractivity (Wildman–Crippen MR) is 55.6 cm³/mol. The van der Waals surface area contributed by atoms with Crippen molar-refractivity contribution in [1.29, 1.82) is 0 Å². The Morgan fingerprint density at radius 3 is 2.54 bits per heavy atom. The molecule has 1 unspecified atom stereocenters. The number of ether oxygens (including phenoxy) is 1. The number of benzene rings is 1. The van der Waals surface area contributed by atoms with Crippen molar-refractivity contribution in [3.05, 3.63) is 35.9 Å². The Bertz CT molecular complexity index is 218. The Hall–Kier alpha value is -0.820. The van der Waals surface area contributed by atoms with Crippen LogP contribution in [0.15, 0.2) is 30.3 Å². The van der Waals surface area contributed by atoms with Crippen LogP contribution in [-0.2, 0) is 11.3 Å². The van der Waals surface area contributed by atoms with E-state index in [2.05, 4.69) is 26.0 Å². The van der Waals surface area contributed by atoms with E-state index in [1.54, 1.807) is 0 Å². The lowest BCUT2D eigenvalue weighted by Crippen LogP contribution is -2.04. The predicted octanol–water partition coefficient (Wildman–Crippen LogP) is 3.25. The Labute approximate surface area is 80.7 Å². The normalized spacial score (nSPS) is 12.8. The molecule has 0 bridgehead atoms. The molecule has 1 rings (SSSR count). The molecule has 0 fully saturated rings. The lowest BCUT2D eigenvalue weighted by molar-refractivity contribution is 0.0910. The van der Waals surface area contributed by atoms with Gasteiger partial charge in [0.2, 0.25) is 0 Å². The van der Waals surface area contributed by atoms with Crippen molar-refractivity contribution >= 4 is 0 Å². The summed E-state index contributed by atoms with van der Waals surface area (Å²) in [6, 6.07) is 10.3. The van der Waals surface area contributed by atoms with Crippen LogP contribution in [-0.4, -0.2) is 6.61 Å². The Kier molecular flexibility index (Phi) is 4.55. The highest BCUT2D eigenvalue weighted by Crippen LogP contribution is 2.04. The van der Waals surface area contributed by atoms with Crippen molar-refractivity contribution in [1.82, 2.24) is 0 Å². The molecule has 0 aliphatic heterocycles. The van der Waals surface area contributed by atoms with E-state index in [1.165, 1.54) is 12.0 Å². The van der Waals surface area contributed by atoms with Gasteiger partial charge in [0.1, 0.15) is 0 Å². The maximum atomic E-state index is 5.57. The van der Waals surface area contributed by atoms with Crippen LogP contribution in [0.3, 0.4) is 0 Å². The Morgan fingerprint density at radius 1 is 1.23 bits per heavy atom. The molecule has 0 saturated carbocycles. The largest absolute Gasteiger partial charge is 0.376 e. The van der Waals surface area contributed by atoms with E-state index in [1.807, 2.05) is 18.2 Å². The fraction of sp³-hybridized carbons (Fsp3) is 0.500. The molecule has 0 radical (unpaired) electrons. The third kappa shape index (κ3) is 4.09. The molecule has 0 aromatic heterocycles. The first-order valence-electron chi connectivity index (χ1n) is 4.94. The molecule has 13 heavy (non-hydrogen) atoms. The van der Waals surface area contributed by atoms with E-state index in [4.69, 9.17) is 4.74 Å². The zero-order chi connectivity index (χ0) is 9.52. The molecule has 0 aliphatic rings. The van der Waals surface area contributed by atoms with Gasteiger partial charge in [-0.25, -0.2) is 0 Å². The minimum absolute atomic E-state index is 0.670. The molecular weight excluding hydrogens is 160 g/mol. The van der Waals surface area contributed by atoms with E-state index < -0.39 is 0 Å². The van der Waals surface area contributed by atoms with Crippen LogP contribution in [0, 0.1) is 5.92 Å². The van der Waals surface area contributed by atoms with Crippen molar-refractivity contribution in [3.8, 4) is 0 Å². The second-order valence-corrected chi connectivity index (χ2v) is 3.51. The van der Waals surface area contributed by atoms with Gasteiger partial charge in [-0.15, -0.1) is 0 Å². The molecule has 0 N–H and O–H groups in total. The quantitative estimate of drug-likeness (QED) is 0.672. The van der Waals surface area contributed by atoms with Crippen LogP contribution in [0.1, 0.15) is 25.8 Å². The average Bonchev–Trinajstić information content (AvgIpc) is 2.19. The lowest BCUT2D eigenvalue weighted by Gasteiger charge is -2.08. The van der Waals surface area contributed by atoms with Crippen LogP contribution in [0.2, 0.25) is 0 Å². The van der Waals surface area contributed by atoms with Crippen molar-refractivity contribution in [2.45, 2.75) is 26.9 Å². The fourth-order valence-electron chi connectivity index (χ4n) is 1.07. The maximum Gasteiger partial charge on any atom is 0.0717 e. The molecule has 0 aliphatic carbocycles. The highest BCUT2D eigenvalue weighted by Gasteiger charge is 1.98. The van der Waals surface area contributed by atoms with E-state index in [-0.39, 0.29) is 0 Å². The van der Waals surface area contributed by atoms with Crippen LogP contribution in [0.25, 0.3) is 0 Å². The topological polar surface area (TPSA) is 9.23 Å². The molecule has 0 amide bonds. The molecule has 1 aromatic rings. The van der Waals surface area contributed by atoms with Gasteiger partial charge in [-0.2, -0.15) is 0 Å². The fourth-order valence-corrected chi connectivity index (χ4v) is 1.07. The Morgan fingerprint density at radius 2 is 1.92 bits per heavy atom. The minimum Gasteiger partial charge on any atom is -0.376 e. The van der Waals surface area contributed by atoms with Gasteiger partial charge in [0.15, 0.2) is 0 Å². The van der Waals surface area contributed by atoms with Crippen molar-refractivity contribution < 1.29 is 4.74 Å². The van der Waals surface area contributed by atoms with E-state index in [9.17, 15) is 0 Å². The summed E-state index contributed by atoms with van der Waals surface area (Å²) in [7, 11) is 0. The first-order chi connectivity index (χ1) is 6.33. The Balaban J connectivity index is 2.20. The summed E-state index contributed by atoms with van der Waals surface area (Å²) >= 11 is 0. The molecular formula is C12H18O. The van der Waals surface area contributed by atoms with Gasteiger partial charge in [-0.05, 0) is 11.5 Å². The zero-order valence-corrected chi connectivity index (χ0v) is 8.49. The third-order valence-corrected chi connectivity index (χ3v) is 2.21. The second-order valence-electron chi connectivity index (χ2n) is 3.51. The van der Waals surface area contributed by atoms with Crippen LogP contribution in [0.5, 0.6) is 0 Å². The smallest absolute Gasteiger partial charge is 0.0717 e. The molecule has 1 nitrogen and oxygen atoms in total. The van der Waals surface area contributed by atoms with Crippen LogP contribution < -0.4 is 0 Å². The summed E-state index contributed by atoms with van der Waals surface area (Å²) in [6.45, 7) is 6.01. The highest BCUT2D eigenvalue weighted by atomic mass is 16.5. The van der Waals surface area contributed by atoms with Crippen molar-refractivity contribution in [2.75, 3.05) is 6.61 Å². The maximum absolute atomic E-state index is 5.57. The average molecular weight is 178 g/mol. The van der Waals surface area contributed by atoms with Gasteiger partial charge < -0.3 is 4.74 Å². The monoisotopic (exact) mass is 178 g/mol. The van der Waals surface area contributed by atoms with Gasteiger partial charge >= 0.3 is 0 Å². The lowest BCUT2D eigenvalue weighted by atomic mass is 10.1. The number of hydrogen-bond acceptors (Lipinski definition) is 1. The van der Waals surface area contributed by atoms with Crippen LogP contribution in [0.4, 0.5) is 0 Å². The molecule has 0 saturated heterocycles. The van der Waals surface area contributed by atoms with Gasteiger partial charge in [-0.3, -0.25) is 0 Å². The number of hydrogen-bond donors (Lipinski definition) is 0. The second kappa shape index (κ2) is 5.76. The molecule has 1 heteroatoms. The van der Waals surface area contributed by atoms with Gasteiger partial charge in [0.25, 0.3) is 0 Å².